The third-order valence-electron chi connectivity index (χ3n) is 4.92. The number of aromatic nitrogens is 2. The highest BCUT2D eigenvalue weighted by molar-refractivity contribution is 5.80. The Morgan fingerprint density at radius 1 is 1.36 bits per heavy atom. The molecule has 0 saturated carbocycles. The summed E-state index contributed by atoms with van der Waals surface area (Å²) in [5.41, 5.74) is 5.24. The van der Waals surface area contributed by atoms with Crippen molar-refractivity contribution in [3.8, 4) is 0 Å². The summed E-state index contributed by atoms with van der Waals surface area (Å²) in [4.78, 5) is 7.28. The van der Waals surface area contributed by atoms with Gasteiger partial charge in [-0.3, -0.25) is 4.68 Å². The number of nitrogens with one attached hydrogen (secondary N) is 1. The van der Waals surface area contributed by atoms with E-state index in [0.717, 1.165) is 38.6 Å². The molecule has 1 aliphatic heterocycles. The molecule has 2 heterocycles. The maximum absolute atomic E-state index is 4.90. The molecule has 1 aromatic heterocycles. The maximum Gasteiger partial charge on any atom is 0.194 e. The van der Waals surface area contributed by atoms with E-state index >= 15 is 0 Å². The zero-order valence-electron chi connectivity index (χ0n) is 15.8. The fraction of sp³-hybridized carbons (Fsp3) is 0.500. The number of guanidine groups is 1. The van der Waals surface area contributed by atoms with Gasteiger partial charge in [-0.25, -0.2) is 4.99 Å². The SMILES string of the molecule is CCNC(=NCc1ccc(C)cc1C)N1CCC(c2cnn(C)c2)C1. The van der Waals surface area contributed by atoms with Gasteiger partial charge >= 0.3 is 0 Å². The number of benzene rings is 1. The summed E-state index contributed by atoms with van der Waals surface area (Å²) >= 11 is 0. The van der Waals surface area contributed by atoms with Gasteiger partial charge in [0.05, 0.1) is 12.7 Å². The van der Waals surface area contributed by atoms with Crippen LogP contribution in [0.15, 0.2) is 35.6 Å². The first-order chi connectivity index (χ1) is 12.1. The van der Waals surface area contributed by atoms with Crippen LogP contribution in [0.1, 0.15) is 41.5 Å². The Labute approximate surface area is 150 Å². The molecular formula is C20H29N5. The molecule has 1 N–H and O–H groups in total. The second-order valence-corrected chi connectivity index (χ2v) is 6.98. The van der Waals surface area contributed by atoms with E-state index in [1.807, 2.05) is 17.9 Å². The molecule has 0 radical (unpaired) electrons. The Morgan fingerprint density at radius 2 is 2.20 bits per heavy atom. The lowest BCUT2D eigenvalue weighted by molar-refractivity contribution is 0.486. The molecule has 134 valence electrons. The third kappa shape index (κ3) is 4.21. The van der Waals surface area contributed by atoms with E-state index < -0.39 is 0 Å². The molecule has 5 heteroatoms. The van der Waals surface area contributed by atoms with Gasteiger partial charge in [-0.1, -0.05) is 23.8 Å². The van der Waals surface area contributed by atoms with E-state index in [4.69, 9.17) is 4.99 Å². The first-order valence-electron chi connectivity index (χ1n) is 9.14. The Hall–Kier alpha value is -2.30. The Bertz CT molecular complexity index is 746. The number of aliphatic imine (C=N–C) groups is 1. The molecule has 1 saturated heterocycles. The van der Waals surface area contributed by atoms with Gasteiger partial charge in [0.2, 0.25) is 0 Å². The summed E-state index contributed by atoms with van der Waals surface area (Å²) in [6, 6.07) is 6.59. The molecule has 1 atom stereocenters. The number of hydrogen-bond acceptors (Lipinski definition) is 2. The third-order valence-corrected chi connectivity index (χ3v) is 4.92. The Kier molecular flexibility index (Phi) is 5.41. The number of likely N-dealkylation sites (tertiary alicyclic amines) is 1. The fourth-order valence-electron chi connectivity index (χ4n) is 3.48. The van der Waals surface area contributed by atoms with E-state index in [2.05, 4.69) is 60.5 Å². The molecular weight excluding hydrogens is 310 g/mol. The van der Waals surface area contributed by atoms with Gasteiger partial charge in [0, 0.05) is 38.8 Å². The van der Waals surface area contributed by atoms with E-state index in [9.17, 15) is 0 Å². The van der Waals surface area contributed by atoms with E-state index in [1.165, 1.54) is 22.3 Å². The van der Waals surface area contributed by atoms with Crippen LogP contribution in [0.25, 0.3) is 0 Å². The molecule has 5 nitrogen and oxygen atoms in total. The summed E-state index contributed by atoms with van der Waals surface area (Å²) in [5.74, 6) is 1.56. The maximum atomic E-state index is 4.90. The normalized spacial score (nSPS) is 18.0. The number of aryl methyl sites for hydroxylation is 3. The summed E-state index contributed by atoms with van der Waals surface area (Å²) < 4.78 is 1.89. The van der Waals surface area contributed by atoms with Crippen LogP contribution < -0.4 is 5.32 Å². The highest BCUT2D eigenvalue weighted by Crippen LogP contribution is 2.26. The zero-order valence-corrected chi connectivity index (χ0v) is 15.8. The molecule has 2 aromatic rings. The molecule has 0 bridgehead atoms. The largest absolute Gasteiger partial charge is 0.357 e. The van der Waals surface area contributed by atoms with Crippen LogP contribution in [0.4, 0.5) is 0 Å². The first-order valence-corrected chi connectivity index (χ1v) is 9.14. The average Bonchev–Trinajstić information content (AvgIpc) is 3.21. The first kappa shape index (κ1) is 17.5. The Morgan fingerprint density at radius 3 is 2.88 bits per heavy atom. The zero-order chi connectivity index (χ0) is 17.8. The van der Waals surface area contributed by atoms with Crippen molar-refractivity contribution in [1.82, 2.24) is 20.0 Å². The van der Waals surface area contributed by atoms with Crippen LogP contribution >= 0.6 is 0 Å². The quantitative estimate of drug-likeness (QED) is 0.688. The predicted molar refractivity (Wildman–Crippen MR) is 103 cm³/mol. The van der Waals surface area contributed by atoms with Crippen molar-refractivity contribution in [2.24, 2.45) is 12.0 Å². The minimum absolute atomic E-state index is 0.540. The molecule has 0 amide bonds. The van der Waals surface area contributed by atoms with Crippen molar-refractivity contribution in [2.75, 3.05) is 19.6 Å². The lowest BCUT2D eigenvalue weighted by Crippen LogP contribution is -2.40. The lowest BCUT2D eigenvalue weighted by Gasteiger charge is -2.21. The van der Waals surface area contributed by atoms with Gasteiger partial charge in [0.15, 0.2) is 5.96 Å². The summed E-state index contributed by atoms with van der Waals surface area (Å²) in [5, 5.41) is 7.77. The van der Waals surface area contributed by atoms with Crippen LogP contribution in [0.5, 0.6) is 0 Å². The van der Waals surface area contributed by atoms with Crippen molar-refractivity contribution in [3.63, 3.8) is 0 Å². The van der Waals surface area contributed by atoms with Gasteiger partial charge in [-0.2, -0.15) is 5.10 Å². The van der Waals surface area contributed by atoms with Crippen molar-refractivity contribution >= 4 is 5.96 Å². The molecule has 1 aliphatic rings. The molecule has 25 heavy (non-hydrogen) atoms. The number of hydrogen-bond donors (Lipinski definition) is 1. The minimum Gasteiger partial charge on any atom is -0.357 e. The lowest BCUT2D eigenvalue weighted by atomic mass is 10.0. The Balaban J connectivity index is 1.70. The molecule has 0 aliphatic carbocycles. The molecule has 0 spiro atoms. The monoisotopic (exact) mass is 339 g/mol. The van der Waals surface area contributed by atoms with E-state index in [1.54, 1.807) is 0 Å². The summed E-state index contributed by atoms with van der Waals surface area (Å²) in [7, 11) is 1.98. The highest BCUT2D eigenvalue weighted by Gasteiger charge is 2.26. The van der Waals surface area contributed by atoms with Crippen LogP contribution in [-0.4, -0.2) is 40.3 Å². The van der Waals surface area contributed by atoms with Crippen molar-refractivity contribution in [2.45, 2.75) is 39.7 Å². The predicted octanol–water partition coefficient (Wildman–Crippen LogP) is 2.99. The van der Waals surface area contributed by atoms with Gasteiger partial charge in [0.25, 0.3) is 0 Å². The summed E-state index contributed by atoms with van der Waals surface area (Å²) in [6.45, 7) is 10.1. The number of nitrogens with zero attached hydrogens (tertiary/aromatic N) is 4. The van der Waals surface area contributed by atoms with Crippen molar-refractivity contribution < 1.29 is 0 Å². The fourth-order valence-corrected chi connectivity index (χ4v) is 3.48. The smallest absolute Gasteiger partial charge is 0.194 e. The van der Waals surface area contributed by atoms with E-state index in [-0.39, 0.29) is 0 Å². The second-order valence-electron chi connectivity index (χ2n) is 6.98. The topological polar surface area (TPSA) is 45.5 Å². The van der Waals surface area contributed by atoms with Gasteiger partial charge in [0.1, 0.15) is 0 Å². The van der Waals surface area contributed by atoms with Crippen LogP contribution in [0.2, 0.25) is 0 Å². The standard InChI is InChI=1S/C20H29N5/c1-5-21-20(22-11-17-7-6-15(2)10-16(17)3)25-9-8-18(14-25)19-12-23-24(4)13-19/h6-7,10,12-13,18H,5,8-9,11,14H2,1-4H3,(H,21,22). The van der Waals surface area contributed by atoms with Crippen LogP contribution in [0, 0.1) is 13.8 Å². The molecule has 3 rings (SSSR count). The van der Waals surface area contributed by atoms with Crippen LogP contribution in [0.3, 0.4) is 0 Å². The molecule has 1 aromatic carbocycles. The molecule has 1 unspecified atom stereocenters. The van der Waals surface area contributed by atoms with Crippen LogP contribution in [-0.2, 0) is 13.6 Å². The second kappa shape index (κ2) is 7.72. The van der Waals surface area contributed by atoms with Gasteiger partial charge < -0.3 is 10.2 Å². The van der Waals surface area contributed by atoms with Crippen molar-refractivity contribution in [1.29, 1.82) is 0 Å². The highest BCUT2D eigenvalue weighted by atomic mass is 15.3. The number of rotatable bonds is 4. The van der Waals surface area contributed by atoms with Gasteiger partial charge in [-0.05, 0) is 43.9 Å². The molecule has 1 fully saturated rings. The van der Waals surface area contributed by atoms with Gasteiger partial charge in [-0.15, -0.1) is 0 Å². The van der Waals surface area contributed by atoms with E-state index in [0.29, 0.717) is 5.92 Å². The van der Waals surface area contributed by atoms with Crippen molar-refractivity contribution in [3.05, 3.63) is 52.8 Å². The minimum atomic E-state index is 0.540. The summed E-state index contributed by atoms with van der Waals surface area (Å²) in [6.07, 6.45) is 5.28. The average molecular weight is 339 g/mol.